The van der Waals surface area contributed by atoms with Gasteiger partial charge in [0.05, 0.1) is 6.54 Å². The second-order valence-electron chi connectivity index (χ2n) is 7.40. The molecule has 27 heavy (non-hydrogen) atoms. The molecule has 6 heteroatoms. The molecule has 2 amide bonds. The highest BCUT2D eigenvalue weighted by molar-refractivity contribution is 9.10. The Hall–Kier alpha value is -2.08. The van der Waals surface area contributed by atoms with E-state index in [2.05, 4.69) is 15.9 Å². The van der Waals surface area contributed by atoms with Crippen LogP contribution >= 0.6 is 15.9 Å². The van der Waals surface area contributed by atoms with E-state index in [1.54, 1.807) is 17.0 Å². The third-order valence-electron chi connectivity index (χ3n) is 4.97. The summed E-state index contributed by atoms with van der Waals surface area (Å²) in [5, 5.41) is 0. The standard InChI is InChI=1S/C21H26BrN3O2/c1-15(2)24(21(27)16-6-8-17(22)9-7-16)14-20(26)25(18-10-11-18)13-19-5-4-12-23(19)3/h4-9,12,15,18H,10-11,13-14H2,1-3H3. The molecule has 0 saturated heterocycles. The molecule has 1 aromatic carbocycles. The molecule has 1 fully saturated rings. The molecule has 0 unspecified atom stereocenters. The average molecular weight is 432 g/mol. The highest BCUT2D eigenvalue weighted by Gasteiger charge is 2.34. The number of halogens is 1. The molecule has 144 valence electrons. The molecule has 1 saturated carbocycles. The summed E-state index contributed by atoms with van der Waals surface area (Å²) in [5.41, 5.74) is 1.70. The van der Waals surface area contributed by atoms with E-state index in [1.165, 1.54) is 0 Å². The first-order chi connectivity index (χ1) is 12.9. The topological polar surface area (TPSA) is 45.6 Å². The van der Waals surface area contributed by atoms with Crippen LogP contribution in [-0.4, -0.2) is 44.8 Å². The summed E-state index contributed by atoms with van der Waals surface area (Å²) in [6.07, 6.45) is 4.07. The summed E-state index contributed by atoms with van der Waals surface area (Å²) < 4.78 is 2.96. The van der Waals surface area contributed by atoms with Gasteiger partial charge in [-0.05, 0) is 63.1 Å². The van der Waals surface area contributed by atoms with E-state index < -0.39 is 0 Å². The molecule has 5 nitrogen and oxygen atoms in total. The van der Waals surface area contributed by atoms with E-state index in [-0.39, 0.29) is 24.4 Å². The summed E-state index contributed by atoms with van der Waals surface area (Å²) >= 11 is 3.39. The molecule has 2 aromatic rings. The van der Waals surface area contributed by atoms with Crippen LogP contribution in [0.4, 0.5) is 0 Å². The fraction of sp³-hybridized carbons (Fsp3) is 0.429. The van der Waals surface area contributed by atoms with Gasteiger partial charge in [-0.3, -0.25) is 9.59 Å². The van der Waals surface area contributed by atoms with Crippen LogP contribution in [0.3, 0.4) is 0 Å². The normalized spacial score (nSPS) is 13.7. The van der Waals surface area contributed by atoms with Crippen molar-refractivity contribution in [3.05, 3.63) is 58.3 Å². The van der Waals surface area contributed by atoms with Crippen molar-refractivity contribution >= 4 is 27.7 Å². The van der Waals surface area contributed by atoms with Crippen LogP contribution < -0.4 is 0 Å². The molecule has 0 atom stereocenters. The predicted molar refractivity (Wildman–Crippen MR) is 109 cm³/mol. The highest BCUT2D eigenvalue weighted by atomic mass is 79.9. The van der Waals surface area contributed by atoms with Gasteiger partial charge in [-0.2, -0.15) is 0 Å². The third kappa shape index (κ3) is 4.80. The maximum absolute atomic E-state index is 13.1. The largest absolute Gasteiger partial charge is 0.353 e. The summed E-state index contributed by atoms with van der Waals surface area (Å²) in [4.78, 5) is 29.6. The summed E-state index contributed by atoms with van der Waals surface area (Å²) in [6.45, 7) is 4.59. The molecule has 1 aliphatic carbocycles. The Labute approximate surface area is 169 Å². The van der Waals surface area contributed by atoms with Gasteiger partial charge in [-0.1, -0.05) is 15.9 Å². The monoisotopic (exact) mass is 431 g/mol. The fourth-order valence-electron chi connectivity index (χ4n) is 3.13. The quantitative estimate of drug-likeness (QED) is 0.668. The van der Waals surface area contributed by atoms with Crippen molar-refractivity contribution in [2.45, 2.75) is 45.3 Å². The average Bonchev–Trinajstić information content (AvgIpc) is 3.39. The minimum absolute atomic E-state index is 0.0119. The van der Waals surface area contributed by atoms with Gasteiger partial charge in [0.25, 0.3) is 5.91 Å². The summed E-state index contributed by atoms with van der Waals surface area (Å²) in [5.74, 6) is -0.0988. The Balaban J connectivity index is 1.74. The van der Waals surface area contributed by atoms with E-state index in [0.717, 1.165) is 23.0 Å². The van der Waals surface area contributed by atoms with Crippen LogP contribution in [0.1, 0.15) is 42.7 Å². The first-order valence-corrected chi connectivity index (χ1v) is 10.1. The van der Waals surface area contributed by atoms with Crippen LogP contribution in [0.2, 0.25) is 0 Å². The maximum atomic E-state index is 13.1. The van der Waals surface area contributed by atoms with E-state index in [0.29, 0.717) is 18.2 Å². The van der Waals surface area contributed by atoms with Crippen molar-refractivity contribution < 1.29 is 9.59 Å². The number of amides is 2. The zero-order valence-electron chi connectivity index (χ0n) is 16.1. The number of carbonyl (C=O) groups excluding carboxylic acids is 2. The van der Waals surface area contributed by atoms with Gasteiger partial charge in [-0.15, -0.1) is 0 Å². The number of nitrogens with zero attached hydrogens (tertiary/aromatic N) is 3. The van der Waals surface area contributed by atoms with Crippen LogP contribution in [0, 0.1) is 0 Å². The molecule has 1 heterocycles. The lowest BCUT2D eigenvalue weighted by atomic mass is 10.1. The Bertz CT molecular complexity index is 809. The van der Waals surface area contributed by atoms with E-state index >= 15 is 0 Å². The Kier molecular flexibility index (Phi) is 6.05. The molecular weight excluding hydrogens is 406 g/mol. The number of aryl methyl sites for hydroxylation is 1. The zero-order valence-corrected chi connectivity index (χ0v) is 17.6. The molecule has 1 aromatic heterocycles. The highest BCUT2D eigenvalue weighted by Crippen LogP contribution is 2.29. The smallest absolute Gasteiger partial charge is 0.254 e. The number of benzene rings is 1. The maximum Gasteiger partial charge on any atom is 0.254 e. The second-order valence-corrected chi connectivity index (χ2v) is 8.31. The number of rotatable bonds is 7. The third-order valence-corrected chi connectivity index (χ3v) is 5.50. The molecule has 0 N–H and O–H groups in total. The lowest BCUT2D eigenvalue weighted by Crippen LogP contribution is -2.46. The molecule has 0 bridgehead atoms. The first-order valence-electron chi connectivity index (χ1n) is 9.33. The van der Waals surface area contributed by atoms with Crippen molar-refractivity contribution in [1.82, 2.24) is 14.4 Å². The van der Waals surface area contributed by atoms with Gasteiger partial charge in [0.1, 0.15) is 6.54 Å². The predicted octanol–water partition coefficient (Wildman–Crippen LogP) is 3.83. The SMILES string of the molecule is CC(C)N(CC(=O)N(Cc1cccn1C)C1CC1)C(=O)c1ccc(Br)cc1. The lowest BCUT2D eigenvalue weighted by Gasteiger charge is -2.30. The lowest BCUT2D eigenvalue weighted by molar-refractivity contribution is -0.133. The molecular formula is C21H26BrN3O2. The van der Waals surface area contributed by atoms with Gasteiger partial charge in [0.2, 0.25) is 5.91 Å². The molecule has 0 radical (unpaired) electrons. The van der Waals surface area contributed by atoms with Crippen LogP contribution in [0.25, 0.3) is 0 Å². The number of aromatic nitrogens is 1. The van der Waals surface area contributed by atoms with E-state index in [1.807, 2.05) is 60.8 Å². The number of carbonyl (C=O) groups is 2. The van der Waals surface area contributed by atoms with Gasteiger partial charge in [0.15, 0.2) is 0 Å². The fourth-order valence-corrected chi connectivity index (χ4v) is 3.39. The number of hydrogen-bond donors (Lipinski definition) is 0. The van der Waals surface area contributed by atoms with Crippen molar-refractivity contribution in [1.29, 1.82) is 0 Å². The molecule has 1 aliphatic rings. The van der Waals surface area contributed by atoms with E-state index in [9.17, 15) is 9.59 Å². The second kappa shape index (κ2) is 8.30. The Morgan fingerprint density at radius 3 is 2.37 bits per heavy atom. The summed E-state index contributed by atoms with van der Waals surface area (Å²) in [7, 11) is 1.99. The van der Waals surface area contributed by atoms with Gasteiger partial charge >= 0.3 is 0 Å². The molecule has 0 spiro atoms. The van der Waals surface area contributed by atoms with Crippen LogP contribution in [0.5, 0.6) is 0 Å². The minimum Gasteiger partial charge on any atom is -0.353 e. The summed E-state index contributed by atoms with van der Waals surface area (Å²) in [6, 6.07) is 11.5. The van der Waals surface area contributed by atoms with Crippen LogP contribution in [-0.2, 0) is 18.4 Å². The van der Waals surface area contributed by atoms with Gasteiger partial charge in [0, 0.05) is 41.1 Å². The van der Waals surface area contributed by atoms with Crippen molar-refractivity contribution in [2.75, 3.05) is 6.54 Å². The van der Waals surface area contributed by atoms with Gasteiger partial charge < -0.3 is 14.4 Å². The zero-order chi connectivity index (χ0) is 19.6. The number of hydrogen-bond acceptors (Lipinski definition) is 2. The van der Waals surface area contributed by atoms with Crippen LogP contribution in [0.15, 0.2) is 47.1 Å². The van der Waals surface area contributed by atoms with E-state index in [4.69, 9.17) is 0 Å². The Morgan fingerprint density at radius 2 is 1.85 bits per heavy atom. The Morgan fingerprint density at radius 1 is 1.19 bits per heavy atom. The molecule has 3 rings (SSSR count). The molecule has 0 aliphatic heterocycles. The van der Waals surface area contributed by atoms with Crippen molar-refractivity contribution in [3.63, 3.8) is 0 Å². The minimum atomic E-state index is -0.111. The van der Waals surface area contributed by atoms with Crippen molar-refractivity contribution in [3.8, 4) is 0 Å². The first kappa shape index (κ1) is 19.7. The van der Waals surface area contributed by atoms with Crippen molar-refractivity contribution in [2.24, 2.45) is 7.05 Å². The van der Waals surface area contributed by atoms with Gasteiger partial charge in [-0.25, -0.2) is 0 Å².